The van der Waals surface area contributed by atoms with Crippen molar-refractivity contribution in [3.63, 3.8) is 0 Å². The van der Waals surface area contributed by atoms with Gasteiger partial charge in [0.25, 0.3) is 4.96 Å². The molecule has 2 aromatic heterocycles. The lowest BCUT2D eigenvalue weighted by Gasteiger charge is -2.32. The van der Waals surface area contributed by atoms with E-state index in [1.165, 1.54) is 27.9 Å². The number of nitro groups is 1. The van der Waals surface area contributed by atoms with E-state index in [-0.39, 0.29) is 22.6 Å². The largest absolute Gasteiger partial charge is 0.382 e. The normalized spacial score (nSPS) is 15.6. The molecule has 0 saturated carbocycles. The molecule has 1 aromatic carbocycles. The lowest BCUT2D eigenvalue weighted by molar-refractivity contribution is -0.389. The van der Waals surface area contributed by atoms with Crippen molar-refractivity contribution in [2.75, 3.05) is 23.3 Å². The molecule has 0 atom stereocenters. The zero-order valence-corrected chi connectivity index (χ0v) is 14.1. The first kappa shape index (κ1) is 15.8. The van der Waals surface area contributed by atoms with Gasteiger partial charge >= 0.3 is 5.82 Å². The molecule has 0 aliphatic carbocycles. The number of halogens is 1. The van der Waals surface area contributed by atoms with E-state index in [9.17, 15) is 14.5 Å². The van der Waals surface area contributed by atoms with Gasteiger partial charge in [0.1, 0.15) is 12.0 Å². The number of fused-ring (bicyclic) bond motifs is 1. The number of hydrogen-bond donors (Lipinski definition) is 1. The third kappa shape index (κ3) is 3.02. The molecule has 130 valence electrons. The van der Waals surface area contributed by atoms with Crippen molar-refractivity contribution < 1.29 is 9.31 Å². The van der Waals surface area contributed by atoms with Crippen LogP contribution in [0.4, 0.5) is 21.7 Å². The molecule has 0 spiro atoms. The lowest BCUT2D eigenvalue weighted by Crippen LogP contribution is -2.39. The van der Waals surface area contributed by atoms with E-state index in [1.807, 2.05) is 4.90 Å². The molecule has 4 rings (SSSR count). The summed E-state index contributed by atoms with van der Waals surface area (Å²) in [6.07, 6.45) is 3.34. The molecule has 1 fully saturated rings. The maximum absolute atomic E-state index is 13.0. The van der Waals surface area contributed by atoms with Crippen molar-refractivity contribution in [3.8, 4) is 0 Å². The first-order valence-corrected chi connectivity index (χ1v) is 8.87. The molecule has 7 nitrogen and oxygen atoms in total. The summed E-state index contributed by atoms with van der Waals surface area (Å²) in [5.74, 6) is 0.214. The quantitative estimate of drug-likeness (QED) is 0.568. The second-order valence-electron chi connectivity index (χ2n) is 5.98. The van der Waals surface area contributed by atoms with E-state index in [0.29, 0.717) is 23.9 Å². The number of aromatic nitrogens is 2. The number of nitrogens with zero attached hydrogens (tertiary/aromatic N) is 4. The zero-order chi connectivity index (χ0) is 17.4. The first-order valence-electron chi connectivity index (χ1n) is 7.99. The van der Waals surface area contributed by atoms with Crippen LogP contribution in [0.25, 0.3) is 4.96 Å². The Morgan fingerprint density at radius 3 is 2.68 bits per heavy atom. The number of anilines is 2. The van der Waals surface area contributed by atoms with Gasteiger partial charge in [-0.3, -0.25) is 0 Å². The lowest BCUT2D eigenvalue weighted by atomic mass is 10.0. The van der Waals surface area contributed by atoms with E-state index < -0.39 is 0 Å². The standard InChI is InChI=1S/C16H16FN5O2S/c17-11-1-3-12(4-2-11)18-13-5-7-20(8-6-13)14-15(22(23)24)21-9-10-25-16(21)19-14/h1-4,9-10,13,18H,5-8H2. The van der Waals surface area contributed by atoms with Gasteiger partial charge in [-0.2, -0.15) is 9.38 Å². The van der Waals surface area contributed by atoms with Gasteiger partial charge in [0, 0.05) is 30.2 Å². The van der Waals surface area contributed by atoms with Crippen LogP contribution in [0.1, 0.15) is 12.8 Å². The van der Waals surface area contributed by atoms with Gasteiger partial charge in [0.2, 0.25) is 5.82 Å². The fraction of sp³-hybridized carbons (Fsp3) is 0.312. The highest BCUT2D eigenvalue weighted by atomic mass is 32.1. The summed E-state index contributed by atoms with van der Waals surface area (Å²) < 4.78 is 14.5. The molecular formula is C16H16FN5O2S. The number of thiazole rings is 1. The van der Waals surface area contributed by atoms with Crippen LogP contribution in [0.15, 0.2) is 35.8 Å². The Labute approximate surface area is 146 Å². The minimum absolute atomic E-state index is 0.0289. The fourth-order valence-corrected chi connectivity index (χ4v) is 3.87. The summed E-state index contributed by atoms with van der Waals surface area (Å²) in [4.78, 5) is 18.1. The number of rotatable bonds is 4. The van der Waals surface area contributed by atoms with E-state index in [4.69, 9.17) is 0 Å². The predicted octanol–water partition coefficient (Wildman–Crippen LogP) is 3.52. The van der Waals surface area contributed by atoms with E-state index in [0.717, 1.165) is 18.5 Å². The van der Waals surface area contributed by atoms with Crippen molar-refractivity contribution in [1.82, 2.24) is 9.38 Å². The minimum atomic E-state index is -0.370. The van der Waals surface area contributed by atoms with Crippen molar-refractivity contribution in [2.24, 2.45) is 0 Å². The highest BCUT2D eigenvalue weighted by Crippen LogP contribution is 2.32. The third-order valence-electron chi connectivity index (χ3n) is 4.40. The van der Waals surface area contributed by atoms with Gasteiger partial charge in [-0.05, 0) is 42.0 Å². The summed E-state index contributed by atoms with van der Waals surface area (Å²) in [5.41, 5.74) is 0.883. The highest BCUT2D eigenvalue weighted by molar-refractivity contribution is 7.15. The molecular weight excluding hydrogens is 345 g/mol. The molecule has 25 heavy (non-hydrogen) atoms. The summed E-state index contributed by atoms with van der Waals surface area (Å²) in [7, 11) is 0. The maximum Gasteiger partial charge on any atom is 0.373 e. The Balaban J connectivity index is 1.47. The summed E-state index contributed by atoms with van der Waals surface area (Å²) >= 11 is 1.38. The van der Waals surface area contributed by atoms with E-state index >= 15 is 0 Å². The first-order chi connectivity index (χ1) is 12.1. The van der Waals surface area contributed by atoms with Gasteiger partial charge in [-0.1, -0.05) is 11.3 Å². The van der Waals surface area contributed by atoms with E-state index in [1.54, 1.807) is 23.7 Å². The number of imidazole rings is 1. The molecule has 0 amide bonds. The van der Waals surface area contributed by atoms with Crippen LogP contribution < -0.4 is 10.2 Å². The topological polar surface area (TPSA) is 75.7 Å². The van der Waals surface area contributed by atoms with Crippen LogP contribution in [0.5, 0.6) is 0 Å². The van der Waals surface area contributed by atoms with Crippen LogP contribution in [-0.2, 0) is 0 Å². The molecule has 3 heterocycles. The van der Waals surface area contributed by atoms with Crippen LogP contribution in [0, 0.1) is 15.9 Å². The van der Waals surface area contributed by atoms with Crippen LogP contribution in [0.2, 0.25) is 0 Å². The minimum Gasteiger partial charge on any atom is -0.382 e. The SMILES string of the molecule is O=[N+]([O-])c1c(N2CCC(Nc3ccc(F)cc3)CC2)nc2sccn12. The van der Waals surface area contributed by atoms with Crippen LogP contribution in [-0.4, -0.2) is 33.4 Å². The number of piperidine rings is 1. The second kappa shape index (κ2) is 6.32. The molecule has 1 saturated heterocycles. The molecule has 0 radical (unpaired) electrons. The van der Waals surface area contributed by atoms with Gasteiger partial charge in [-0.25, -0.2) is 4.39 Å². The third-order valence-corrected chi connectivity index (χ3v) is 5.16. The molecule has 0 bridgehead atoms. The Bertz CT molecular complexity index is 899. The average Bonchev–Trinajstić information content (AvgIpc) is 3.18. The molecule has 3 aromatic rings. The molecule has 1 aliphatic rings. The Morgan fingerprint density at radius 2 is 2.00 bits per heavy atom. The molecule has 1 N–H and O–H groups in total. The highest BCUT2D eigenvalue weighted by Gasteiger charge is 2.30. The second-order valence-corrected chi connectivity index (χ2v) is 6.86. The van der Waals surface area contributed by atoms with Gasteiger partial charge in [0.15, 0.2) is 0 Å². The van der Waals surface area contributed by atoms with Gasteiger partial charge in [-0.15, -0.1) is 0 Å². The predicted molar refractivity (Wildman–Crippen MR) is 95.0 cm³/mol. The Morgan fingerprint density at radius 1 is 1.28 bits per heavy atom. The van der Waals surface area contributed by atoms with Crippen molar-refractivity contribution in [2.45, 2.75) is 18.9 Å². The Hall–Kier alpha value is -2.68. The molecule has 0 unspecified atom stereocenters. The summed E-state index contributed by atoms with van der Waals surface area (Å²) in [5, 5.41) is 16.6. The maximum atomic E-state index is 13.0. The van der Waals surface area contributed by atoms with Crippen molar-refractivity contribution in [1.29, 1.82) is 0 Å². The summed E-state index contributed by atoms with van der Waals surface area (Å²) in [6, 6.07) is 6.55. The molecule has 9 heteroatoms. The van der Waals surface area contributed by atoms with Crippen LogP contribution >= 0.6 is 11.3 Å². The smallest absolute Gasteiger partial charge is 0.373 e. The summed E-state index contributed by atoms with van der Waals surface area (Å²) in [6.45, 7) is 1.37. The van der Waals surface area contributed by atoms with Gasteiger partial charge in [0.05, 0.1) is 0 Å². The number of benzene rings is 1. The fourth-order valence-electron chi connectivity index (χ4n) is 3.16. The van der Waals surface area contributed by atoms with Crippen LogP contribution in [0.3, 0.4) is 0 Å². The van der Waals surface area contributed by atoms with E-state index in [2.05, 4.69) is 10.3 Å². The molecule has 1 aliphatic heterocycles. The number of hydrogen-bond acceptors (Lipinski definition) is 6. The zero-order valence-electron chi connectivity index (χ0n) is 13.3. The van der Waals surface area contributed by atoms with Gasteiger partial charge < -0.3 is 20.3 Å². The number of nitrogens with one attached hydrogen (secondary N) is 1. The average molecular weight is 361 g/mol. The van der Waals surface area contributed by atoms with Crippen molar-refractivity contribution in [3.05, 3.63) is 51.8 Å². The monoisotopic (exact) mass is 361 g/mol. The van der Waals surface area contributed by atoms with Crippen molar-refractivity contribution >= 4 is 33.6 Å². The Kier molecular flexibility index (Phi) is 4.00.